The topological polar surface area (TPSA) is 159 Å². The van der Waals surface area contributed by atoms with Gasteiger partial charge in [0.25, 0.3) is 11.1 Å². The van der Waals surface area contributed by atoms with Gasteiger partial charge in [-0.1, -0.05) is 30.0 Å². The Hall–Kier alpha value is -2.97. The number of carboxylic acids is 2. The molecule has 1 unspecified atom stereocenters. The molecule has 0 spiro atoms. The van der Waals surface area contributed by atoms with Crippen LogP contribution in [0.5, 0.6) is 0 Å². The van der Waals surface area contributed by atoms with E-state index < -0.39 is 24.4 Å². The van der Waals surface area contributed by atoms with Gasteiger partial charge in [0.15, 0.2) is 0 Å². The fourth-order valence-corrected chi connectivity index (χ4v) is 5.91. The number of amides is 1. The first-order valence-corrected chi connectivity index (χ1v) is 12.0. The molecular formula is C19H17N5O6S3. The van der Waals surface area contributed by atoms with E-state index in [1.54, 1.807) is 18.5 Å². The molecule has 14 heteroatoms. The van der Waals surface area contributed by atoms with Gasteiger partial charge < -0.3 is 19.9 Å². The van der Waals surface area contributed by atoms with Crippen LogP contribution < -0.4 is 5.32 Å². The minimum atomic E-state index is -1.20. The predicted octanol–water partition coefficient (Wildman–Crippen LogP) is 0.966. The third-order valence-electron chi connectivity index (χ3n) is 4.77. The van der Waals surface area contributed by atoms with Crippen molar-refractivity contribution in [2.75, 3.05) is 11.5 Å². The summed E-state index contributed by atoms with van der Waals surface area (Å²) in [5.41, 5.74) is 1.39. The first-order valence-electron chi connectivity index (χ1n) is 9.58. The summed E-state index contributed by atoms with van der Waals surface area (Å²) >= 11 is 7.91. The molecule has 3 N–H and O–H groups in total. The van der Waals surface area contributed by atoms with Crippen molar-refractivity contribution >= 4 is 58.6 Å². The zero-order valence-corrected chi connectivity index (χ0v) is 19.3. The SMILES string of the molecule is O=C(O)Cc1nnc(SCC2=C(C(=O)O)N3C(=O)C(NC(=S)Cc4cccnc4)[C@H]3SC2)o1. The maximum atomic E-state index is 12.8. The maximum absolute atomic E-state index is 12.8. The molecule has 0 aliphatic carbocycles. The molecule has 2 aromatic heterocycles. The second-order valence-electron chi connectivity index (χ2n) is 7.07. The number of β-lactam (4-membered cyclic amide) rings is 1. The Balaban J connectivity index is 1.41. The normalized spacial score (nSPS) is 19.6. The van der Waals surface area contributed by atoms with Gasteiger partial charge in [0.2, 0.25) is 5.89 Å². The summed E-state index contributed by atoms with van der Waals surface area (Å²) in [5.74, 6) is -2.09. The van der Waals surface area contributed by atoms with E-state index in [-0.39, 0.29) is 33.8 Å². The van der Waals surface area contributed by atoms with E-state index in [2.05, 4.69) is 20.5 Å². The molecular weight excluding hydrogens is 490 g/mol. The van der Waals surface area contributed by atoms with Crippen molar-refractivity contribution in [3.8, 4) is 0 Å². The van der Waals surface area contributed by atoms with Crippen LogP contribution in [0.15, 0.2) is 45.4 Å². The number of thioether (sulfide) groups is 2. The van der Waals surface area contributed by atoms with Crippen molar-refractivity contribution in [3.63, 3.8) is 0 Å². The molecule has 2 aromatic rings. The lowest BCUT2D eigenvalue weighted by atomic mass is 10.0. The fraction of sp³-hybridized carbons (Fsp3) is 0.316. The van der Waals surface area contributed by atoms with Crippen LogP contribution in [0.2, 0.25) is 0 Å². The molecule has 0 bridgehead atoms. The summed E-state index contributed by atoms with van der Waals surface area (Å²) in [4.78, 5) is 41.3. The van der Waals surface area contributed by atoms with Crippen molar-refractivity contribution in [1.29, 1.82) is 0 Å². The molecule has 0 radical (unpaired) electrons. The van der Waals surface area contributed by atoms with E-state index >= 15 is 0 Å². The van der Waals surface area contributed by atoms with Gasteiger partial charge in [0.1, 0.15) is 23.5 Å². The highest BCUT2D eigenvalue weighted by atomic mass is 32.2. The maximum Gasteiger partial charge on any atom is 0.352 e. The summed E-state index contributed by atoms with van der Waals surface area (Å²) in [5, 5.41) is 28.8. The van der Waals surface area contributed by atoms with E-state index in [9.17, 15) is 19.5 Å². The van der Waals surface area contributed by atoms with Crippen molar-refractivity contribution in [2.45, 2.75) is 29.5 Å². The fourth-order valence-electron chi connectivity index (χ4n) is 3.35. The van der Waals surface area contributed by atoms with E-state index in [0.717, 1.165) is 17.3 Å². The molecule has 4 rings (SSSR count). The number of fused-ring (bicyclic) bond motifs is 1. The van der Waals surface area contributed by atoms with E-state index in [1.165, 1.54) is 16.7 Å². The van der Waals surface area contributed by atoms with Crippen LogP contribution in [0.3, 0.4) is 0 Å². The molecule has 11 nitrogen and oxygen atoms in total. The summed E-state index contributed by atoms with van der Waals surface area (Å²) < 4.78 is 5.25. The van der Waals surface area contributed by atoms with Crippen molar-refractivity contribution in [1.82, 2.24) is 25.4 Å². The number of carbonyl (C=O) groups excluding carboxylic acids is 1. The highest BCUT2D eigenvalue weighted by Gasteiger charge is 2.53. The number of hydrogen-bond acceptors (Lipinski definition) is 10. The number of nitrogens with zero attached hydrogens (tertiary/aromatic N) is 4. The minimum absolute atomic E-state index is 0.0374. The van der Waals surface area contributed by atoms with Crippen LogP contribution in [0.1, 0.15) is 11.5 Å². The standard InChI is InChI=1S/C19H17N5O6S3/c25-13(26)5-11-22-23-19(30-11)33-8-10-7-32-17-14(16(27)24(17)15(10)18(28)29)21-12(31)4-9-2-1-3-20-6-9/h1-3,6,14,17H,4-5,7-8H2,(H,21,31)(H,25,26)(H,28,29)/t14?,17-/m1/s1. The third kappa shape index (κ3) is 5.17. The smallest absolute Gasteiger partial charge is 0.352 e. The lowest BCUT2D eigenvalue weighted by Gasteiger charge is -2.49. The van der Waals surface area contributed by atoms with Crippen LogP contribution in [0, 0.1) is 0 Å². The number of rotatable bonds is 9. The quantitative estimate of drug-likeness (QED) is 0.250. The second-order valence-corrected chi connectivity index (χ2v) is 9.60. The summed E-state index contributed by atoms with van der Waals surface area (Å²) in [7, 11) is 0. The van der Waals surface area contributed by atoms with Gasteiger partial charge in [-0.05, 0) is 17.2 Å². The van der Waals surface area contributed by atoms with Crippen LogP contribution in [0.4, 0.5) is 0 Å². The minimum Gasteiger partial charge on any atom is -0.481 e. The van der Waals surface area contributed by atoms with Gasteiger partial charge in [-0.3, -0.25) is 19.5 Å². The lowest BCUT2D eigenvalue weighted by Crippen LogP contribution is -2.70. The Morgan fingerprint density at radius 1 is 1.33 bits per heavy atom. The molecule has 1 saturated heterocycles. The van der Waals surface area contributed by atoms with Crippen molar-refractivity contribution in [3.05, 3.63) is 47.3 Å². The molecule has 172 valence electrons. The Bertz CT molecular complexity index is 1140. The molecule has 33 heavy (non-hydrogen) atoms. The zero-order valence-electron chi connectivity index (χ0n) is 16.8. The summed E-state index contributed by atoms with van der Waals surface area (Å²) in [6.07, 6.45) is 3.39. The van der Waals surface area contributed by atoms with Gasteiger partial charge in [-0.2, -0.15) is 0 Å². The molecule has 0 aromatic carbocycles. The largest absolute Gasteiger partial charge is 0.481 e. The molecule has 1 fully saturated rings. The van der Waals surface area contributed by atoms with Gasteiger partial charge in [-0.15, -0.1) is 22.0 Å². The van der Waals surface area contributed by atoms with Crippen molar-refractivity contribution in [2.24, 2.45) is 0 Å². The summed E-state index contributed by atoms with van der Waals surface area (Å²) in [6, 6.07) is 3.09. The van der Waals surface area contributed by atoms with E-state index in [0.29, 0.717) is 22.7 Å². The number of pyridine rings is 1. The van der Waals surface area contributed by atoms with Crippen LogP contribution in [-0.4, -0.2) is 76.1 Å². The predicted molar refractivity (Wildman–Crippen MR) is 122 cm³/mol. The molecule has 2 atom stereocenters. The Labute approximate surface area is 201 Å². The third-order valence-corrected chi connectivity index (χ3v) is 7.28. The highest BCUT2D eigenvalue weighted by molar-refractivity contribution is 8.01. The lowest BCUT2D eigenvalue weighted by molar-refractivity contribution is -0.148. The zero-order chi connectivity index (χ0) is 23.5. The number of aliphatic carboxylic acids is 2. The van der Waals surface area contributed by atoms with E-state index in [1.807, 2.05) is 6.07 Å². The number of thiocarbonyl (C=S) groups is 1. The first-order chi connectivity index (χ1) is 15.8. The van der Waals surface area contributed by atoms with Gasteiger partial charge >= 0.3 is 11.9 Å². The Kier molecular flexibility index (Phi) is 6.95. The Morgan fingerprint density at radius 3 is 2.85 bits per heavy atom. The average Bonchev–Trinajstić information content (AvgIpc) is 3.22. The van der Waals surface area contributed by atoms with Crippen LogP contribution in [0.25, 0.3) is 0 Å². The second kappa shape index (κ2) is 9.89. The molecule has 4 heterocycles. The number of carbonyl (C=O) groups is 3. The number of hydrogen-bond donors (Lipinski definition) is 3. The molecule has 2 aliphatic rings. The van der Waals surface area contributed by atoms with Crippen molar-refractivity contribution < 1.29 is 29.0 Å². The van der Waals surface area contributed by atoms with E-state index in [4.69, 9.17) is 21.7 Å². The molecule has 0 saturated carbocycles. The highest BCUT2D eigenvalue weighted by Crippen LogP contribution is 2.41. The Morgan fingerprint density at radius 2 is 2.15 bits per heavy atom. The molecule has 1 amide bonds. The van der Waals surface area contributed by atoms with Gasteiger partial charge in [0, 0.05) is 30.3 Å². The monoisotopic (exact) mass is 507 g/mol. The van der Waals surface area contributed by atoms with Crippen LogP contribution >= 0.6 is 35.7 Å². The number of nitrogens with one attached hydrogen (secondary N) is 1. The molecule has 2 aliphatic heterocycles. The van der Waals surface area contributed by atoms with Crippen LogP contribution in [-0.2, 0) is 27.2 Å². The summed E-state index contributed by atoms with van der Waals surface area (Å²) in [6.45, 7) is 0. The first kappa shape index (κ1) is 23.2. The van der Waals surface area contributed by atoms with Gasteiger partial charge in [-0.25, -0.2) is 4.79 Å². The van der Waals surface area contributed by atoms with Gasteiger partial charge in [0.05, 0.1) is 4.99 Å². The average molecular weight is 508 g/mol. The number of carboxylic acid groups (broad SMARTS) is 2. The number of aromatic nitrogens is 3.